The van der Waals surface area contributed by atoms with E-state index in [0.29, 0.717) is 0 Å². The van der Waals surface area contributed by atoms with Crippen LogP contribution in [0.5, 0.6) is 0 Å². The van der Waals surface area contributed by atoms with Crippen molar-refractivity contribution in [3.8, 4) is 11.1 Å². The van der Waals surface area contributed by atoms with Gasteiger partial charge in [-0.15, -0.1) is 0 Å². The second kappa shape index (κ2) is 7.68. The summed E-state index contributed by atoms with van der Waals surface area (Å²) >= 11 is 0. The van der Waals surface area contributed by atoms with Crippen LogP contribution < -0.4 is 0 Å². The topological polar surface area (TPSA) is 0 Å². The van der Waals surface area contributed by atoms with E-state index in [0.717, 1.165) is 6.07 Å². The van der Waals surface area contributed by atoms with Crippen LogP contribution in [-0.2, 0) is 0 Å². The van der Waals surface area contributed by atoms with E-state index in [-0.39, 0.29) is 33.7 Å². The van der Waals surface area contributed by atoms with Gasteiger partial charge in [-0.05, 0) is 48.6 Å². The molecule has 25 heavy (non-hydrogen) atoms. The maximum absolute atomic E-state index is 14.4. The second-order valence-electron chi connectivity index (χ2n) is 6.15. The first-order valence-corrected chi connectivity index (χ1v) is 8.05. The van der Waals surface area contributed by atoms with Crippen molar-refractivity contribution in [3.05, 3.63) is 76.9 Å². The van der Waals surface area contributed by atoms with Crippen LogP contribution in [0.1, 0.15) is 44.7 Å². The normalized spacial score (nSPS) is 12.8. The second-order valence-corrected chi connectivity index (χ2v) is 6.15. The number of allylic oxidation sites excluding steroid dienone is 4. The van der Waals surface area contributed by atoms with Crippen LogP contribution in [0.3, 0.4) is 0 Å². The van der Waals surface area contributed by atoms with Gasteiger partial charge in [0.15, 0.2) is 11.6 Å². The Hall–Kier alpha value is -2.36. The first kappa shape index (κ1) is 19.0. The highest BCUT2D eigenvalue weighted by molar-refractivity contribution is 5.72. The molecular weight excluding hydrogens is 328 g/mol. The van der Waals surface area contributed by atoms with Gasteiger partial charge in [0.25, 0.3) is 0 Å². The van der Waals surface area contributed by atoms with Gasteiger partial charge in [-0.3, -0.25) is 0 Å². The van der Waals surface area contributed by atoms with Crippen molar-refractivity contribution in [1.82, 2.24) is 0 Å². The minimum Gasteiger partial charge on any atom is -0.207 e. The molecule has 0 saturated carbocycles. The van der Waals surface area contributed by atoms with Gasteiger partial charge >= 0.3 is 0 Å². The average molecular weight is 348 g/mol. The van der Waals surface area contributed by atoms with Crippen molar-refractivity contribution in [3.63, 3.8) is 0 Å². The molecule has 0 bridgehead atoms. The van der Waals surface area contributed by atoms with Crippen LogP contribution in [-0.4, -0.2) is 0 Å². The minimum absolute atomic E-state index is 0.0251. The molecule has 0 spiro atoms. The molecule has 0 aliphatic heterocycles. The molecule has 4 heteroatoms. The molecule has 0 saturated heterocycles. The molecule has 0 N–H and O–H groups in total. The first-order valence-electron chi connectivity index (χ1n) is 8.05. The van der Waals surface area contributed by atoms with Crippen LogP contribution in [0.4, 0.5) is 17.6 Å². The lowest BCUT2D eigenvalue weighted by atomic mass is 9.95. The zero-order valence-electron chi connectivity index (χ0n) is 14.6. The van der Waals surface area contributed by atoms with E-state index in [9.17, 15) is 17.6 Å². The Morgan fingerprint density at radius 3 is 2.24 bits per heavy atom. The summed E-state index contributed by atoms with van der Waals surface area (Å²) in [5.41, 5.74) is 0.670. The van der Waals surface area contributed by atoms with Crippen LogP contribution in [0.15, 0.2) is 48.3 Å². The number of rotatable bonds is 4. The van der Waals surface area contributed by atoms with Gasteiger partial charge in [0.05, 0.1) is 0 Å². The van der Waals surface area contributed by atoms with Gasteiger partial charge in [0.1, 0.15) is 11.6 Å². The van der Waals surface area contributed by atoms with E-state index < -0.39 is 23.3 Å². The number of hydrogen-bond acceptors (Lipinski definition) is 0. The van der Waals surface area contributed by atoms with E-state index in [1.807, 2.05) is 0 Å². The Kier molecular flexibility index (Phi) is 5.83. The van der Waals surface area contributed by atoms with Crippen molar-refractivity contribution < 1.29 is 17.6 Å². The molecule has 0 aliphatic carbocycles. The summed E-state index contributed by atoms with van der Waals surface area (Å²) in [5.74, 6) is -3.34. The summed E-state index contributed by atoms with van der Waals surface area (Å²) in [6, 6.07) is 6.86. The number of benzene rings is 2. The maximum Gasteiger partial charge on any atom is 0.166 e. The first-order chi connectivity index (χ1) is 11.8. The van der Waals surface area contributed by atoms with Gasteiger partial charge in [-0.25, -0.2) is 17.6 Å². The minimum atomic E-state index is -1.01. The Morgan fingerprint density at radius 1 is 1.00 bits per heavy atom. The molecule has 2 aromatic rings. The third-order valence-corrected chi connectivity index (χ3v) is 4.09. The standard InChI is InChI=1S/C21H20F4/c1-5-6-18(22)13(4)16-8-7-14(11-19(16)23)17-10-9-15(12(2)3)20(24)21(17)25/h5-12H,1-4H3. The van der Waals surface area contributed by atoms with Gasteiger partial charge in [0.2, 0.25) is 0 Å². The molecule has 0 aromatic heterocycles. The van der Waals surface area contributed by atoms with Gasteiger partial charge in [-0.2, -0.15) is 0 Å². The van der Waals surface area contributed by atoms with Crippen LogP contribution >= 0.6 is 0 Å². The zero-order valence-corrected chi connectivity index (χ0v) is 14.6. The molecular formula is C21H20F4. The number of halogens is 4. The molecule has 0 fully saturated rings. The van der Waals surface area contributed by atoms with Crippen molar-refractivity contribution in [2.45, 2.75) is 33.6 Å². The molecule has 0 radical (unpaired) electrons. The van der Waals surface area contributed by atoms with Gasteiger partial charge in [0, 0.05) is 11.1 Å². The van der Waals surface area contributed by atoms with E-state index in [1.165, 1.54) is 43.3 Å². The van der Waals surface area contributed by atoms with Crippen molar-refractivity contribution in [2.75, 3.05) is 0 Å². The third kappa shape index (κ3) is 3.84. The summed E-state index contributed by atoms with van der Waals surface area (Å²) in [6.45, 7) is 6.65. The molecule has 0 amide bonds. The summed E-state index contributed by atoms with van der Waals surface area (Å²) in [5, 5.41) is 0. The summed E-state index contributed by atoms with van der Waals surface area (Å²) in [4.78, 5) is 0. The van der Waals surface area contributed by atoms with E-state index in [2.05, 4.69) is 0 Å². The molecule has 0 atom stereocenters. The van der Waals surface area contributed by atoms with Gasteiger partial charge in [-0.1, -0.05) is 44.2 Å². The smallest absolute Gasteiger partial charge is 0.166 e. The van der Waals surface area contributed by atoms with E-state index >= 15 is 0 Å². The third-order valence-electron chi connectivity index (χ3n) is 4.09. The maximum atomic E-state index is 14.4. The highest BCUT2D eigenvalue weighted by Gasteiger charge is 2.18. The van der Waals surface area contributed by atoms with Crippen LogP contribution in [0.25, 0.3) is 16.7 Å². The largest absolute Gasteiger partial charge is 0.207 e. The SMILES string of the molecule is CC=CC(F)=C(C)c1ccc(-c2ccc(C(C)C)c(F)c2F)cc1F. The van der Waals surface area contributed by atoms with Crippen LogP contribution in [0.2, 0.25) is 0 Å². The fourth-order valence-electron chi connectivity index (χ4n) is 2.62. The summed E-state index contributed by atoms with van der Waals surface area (Å²) < 4.78 is 56.7. The quantitative estimate of drug-likeness (QED) is 0.406. The van der Waals surface area contributed by atoms with E-state index in [4.69, 9.17) is 0 Å². The Balaban J connectivity index is 2.52. The Morgan fingerprint density at radius 2 is 1.68 bits per heavy atom. The molecule has 0 heterocycles. The number of hydrogen-bond donors (Lipinski definition) is 0. The molecule has 0 aliphatic rings. The average Bonchev–Trinajstić information content (AvgIpc) is 2.56. The lowest BCUT2D eigenvalue weighted by molar-refractivity contribution is 0.496. The Bertz CT molecular complexity index is 845. The molecule has 2 rings (SSSR count). The fraction of sp³-hybridized carbons (Fsp3) is 0.238. The predicted octanol–water partition coefficient (Wildman–Crippen LogP) is 7.17. The summed E-state index contributed by atoms with van der Waals surface area (Å²) in [6.07, 6.45) is 2.75. The van der Waals surface area contributed by atoms with Crippen molar-refractivity contribution in [1.29, 1.82) is 0 Å². The van der Waals surface area contributed by atoms with Crippen molar-refractivity contribution >= 4 is 5.57 Å². The van der Waals surface area contributed by atoms with Gasteiger partial charge < -0.3 is 0 Å². The highest BCUT2D eigenvalue weighted by Crippen LogP contribution is 2.32. The molecule has 0 unspecified atom stereocenters. The lowest BCUT2D eigenvalue weighted by Crippen LogP contribution is -1.99. The zero-order chi connectivity index (χ0) is 18.7. The monoisotopic (exact) mass is 348 g/mol. The molecule has 0 nitrogen and oxygen atoms in total. The predicted molar refractivity (Wildman–Crippen MR) is 94.4 cm³/mol. The molecule has 132 valence electrons. The van der Waals surface area contributed by atoms with E-state index in [1.54, 1.807) is 20.8 Å². The van der Waals surface area contributed by atoms with Crippen LogP contribution in [0, 0.1) is 17.5 Å². The fourth-order valence-corrected chi connectivity index (χ4v) is 2.62. The molecule has 2 aromatic carbocycles. The lowest BCUT2D eigenvalue weighted by Gasteiger charge is -2.12. The van der Waals surface area contributed by atoms with Crippen molar-refractivity contribution in [2.24, 2.45) is 0 Å². The highest BCUT2D eigenvalue weighted by atomic mass is 19.2. The summed E-state index contributed by atoms with van der Waals surface area (Å²) in [7, 11) is 0. The Labute approximate surface area is 145 Å².